The van der Waals surface area contributed by atoms with E-state index in [1.54, 1.807) is 12.1 Å². The molecule has 6 nitrogen and oxygen atoms in total. The van der Waals surface area contributed by atoms with Crippen LogP contribution in [0.1, 0.15) is 17.2 Å². The first-order valence-electron chi connectivity index (χ1n) is 9.67. The Kier molecular flexibility index (Phi) is 5.89. The minimum Gasteiger partial charge on any atom is -0.476 e. The maximum atomic E-state index is 13.2. The summed E-state index contributed by atoms with van der Waals surface area (Å²) in [6.45, 7) is -0.145. The normalized spacial score (nSPS) is 15.8. The van der Waals surface area contributed by atoms with Crippen LogP contribution in [0.25, 0.3) is 0 Å². The standard InChI is InChI=1S/C23H21ClN2O4S/c1-31(28,29)26-15-21(30-20-13-12-18(24)14-19(20)26)23(27)25-22(16-8-4-2-5-9-16)17-10-6-3-7-11-17/h2-14,21-22H,15H2,1H3,(H,25,27). The molecule has 0 saturated carbocycles. The number of hydrogen-bond donors (Lipinski definition) is 1. The average molecular weight is 457 g/mol. The number of sulfonamides is 1. The SMILES string of the molecule is CS(=O)(=O)N1CC(C(=O)NC(c2ccccc2)c2ccccc2)Oc2ccc(Cl)cc21. The summed E-state index contributed by atoms with van der Waals surface area (Å²) in [5, 5.41) is 3.40. The van der Waals surface area contributed by atoms with Crippen LogP contribution in [0, 0.1) is 0 Å². The predicted molar refractivity (Wildman–Crippen MR) is 121 cm³/mol. The van der Waals surface area contributed by atoms with E-state index in [0.717, 1.165) is 21.7 Å². The summed E-state index contributed by atoms with van der Waals surface area (Å²) in [7, 11) is -3.64. The van der Waals surface area contributed by atoms with Crippen LogP contribution in [0.15, 0.2) is 78.9 Å². The Hall–Kier alpha value is -3.03. The van der Waals surface area contributed by atoms with E-state index in [9.17, 15) is 13.2 Å². The third-order valence-electron chi connectivity index (χ3n) is 5.04. The largest absolute Gasteiger partial charge is 0.476 e. The molecule has 1 amide bonds. The van der Waals surface area contributed by atoms with Gasteiger partial charge in [-0.2, -0.15) is 0 Å². The van der Waals surface area contributed by atoms with Crippen molar-refractivity contribution in [3.8, 4) is 5.75 Å². The summed E-state index contributed by atoms with van der Waals surface area (Å²) < 4.78 is 31.8. The van der Waals surface area contributed by atoms with E-state index in [1.807, 2.05) is 60.7 Å². The number of carbonyl (C=O) groups is 1. The van der Waals surface area contributed by atoms with E-state index in [0.29, 0.717) is 10.7 Å². The molecule has 1 aliphatic heterocycles. The van der Waals surface area contributed by atoms with Gasteiger partial charge in [-0.05, 0) is 29.3 Å². The lowest BCUT2D eigenvalue weighted by Crippen LogP contribution is -2.51. The van der Waals surface area contributed by atoms with E-state index in [-0.39, 0.29) is 12.3 Å². The van der Waals surface area contributed by atoms with Crippen molar-refractivity contribution in [3.05, 3.63) is 95.0 Å². The molecule has 3 aromatic rings. The second-order valence-corrected chi connectivity index (χ2v) is 9.62. The van der Waals surface area contributed by atoms with Crippen LogP contribution in [0.5, 0.6) is 5.75 Å². The fourth-order valence-corrected chi connectivity index (χ4v) is 4.63. The highest BCUT2D eigenvalue weighted by atomic mass is 35.5. The summed E-state index contributed by atoms with van der Waals surface area (Å²) in [6.07, 6.45) is 0.0765. The second kappa shape index (κ2) is 8.61. The highest BCUT2D eigenvalue weighted by Gasteiger charge is 2.36. The molecule has 0 fully saturated rings. The first-order valence-corrected chi connectivity index (χ1v) is 11.9. The number of rotatable bonds is 5. The van der Waals surface area contributed by atoms with Gasteiger partial charge in [0.1, 0.15) is 5.75 Å². The van der Waals surface area contributed by atoms with Crippen LogP contribution in [-0.2, 0) is 14.8 Å². The van der Waals surface area contributed by atoms with Gasteiger partial charge in [-0.15, -0.1) is 0 Å². The van der Waals surface area contributed by atoms with Crippen LogP contribution in [-0.4, -0.2) is 33.2 Å². The van der Waals surface area contributed by atoms with Gasteiger partial charge in [0.05, 0.1) is 24.5 Å². The van der Waals surface area contributed by atoms with E-state index >= 15 is 0 Å². The zero-order chi connectivity index (χ0) is 22.0. The van der Waals surface area contributed by atoms with Crippen LogP contribution in [0.3, 0.4) is 0 Å². The molecule has 0 bridgehead atoms. The van der Waals surface area contributed by atoms with Crippen molar-refractivity contribution in [3.63, 3.8) is 0 Å². The molecular weight excluding hydrogens is 436 g/mol. The molecule has 3 aromatic carbocycles. The van der Waals surface area contributed by atoms with Gasteiger partial charge in [-0.3, -0.25) is 9.10 Å². The number of fused-ring (bicyclic) bond motifs is 1. The monoisotopic (exact) mass is 456 g/mol. The Labute approximate surface area is 186 Å². The number of benzene rings is 3. The molecule has 1 N–H and O–H groups in total. The molecule has 1 atom stereocenters. The molecule has 1 unspecified atom stereocenters. The molecule has 4 rings (SSSR count). The number of carbonyl (C=O) groups excluding carboxylic acids is 1. The number of anilines is 1. The van der Waals surface area contributed by atoms with E-state index in [1.165, 1.54) is 6.07 Å². The van der Waals surface area contributed by atoms with Gasteiger partial charge in [0.25, 0.3) is 5.91 Å². The lowest BCUT2D eigenvalue weighted by Gasteiger charge is -2.34. The summed E-state index contributed by atoms with van der Waals surface area (Å²) in [5.41, 5.74) is 2.14. The predicted octanol–water partition coefficient (Wildman–Crippen LogP) is 3.77. The van der Waals surface area contributed by atoms with Crippen molar-refractivity contribution in [1.29, 1.82) is 0 Å². The Balaban J connectivity index is 1.64. The molecule has 1 heterocycles. The molecule has 8 heteroatoms. The van der Waals surface area contributed by atoms with Gasteiger partial charge in [0.15, 0.2) is 6.10 Å². The number of amides is 1. The smallest absolute Gasteiger partial charge is 0.263 e. The van der Waals surface area contributed by atoms with E-state index < -0.39 is 28.1 Å². The van der Waals surface area contributed by atoms with Crippen LogP contribution in [0.2, 0.25) is 5.02 Å². The fourth-order valence-electron chi connectivity index (χ4n) is 3.56. The maximum Gasteiger partial charge on any atom is 0.263 e. The van der Waals surface area contributed by atoms with Crippen LogP contribution in [0.4, 0.5) is 5.69 Å². The molecule has 160 valence electrons. The van der Waals surface area contributed by atoms with Crippen molar-refractivity contribution in [2.75, 3.05) is 17.1 Å². The molecule has 0 aliphatic carbocycles. The topological polar surface area (TPSA) is 75.7 Å². The Morgan fingerprint density at radius 2 is 1.61 bits per heavy atom. The summed E-state index contributed by atoms with van der Waals surface area (Å²) in [4.78, 5) is 13.2. The van der Waals surface area contributed by atoms with Gasteiger partial charge < -0.3 is 10.1 Å². The van der Waals surface area contributed by atoms with Gasteiger partial charge in [0.2, 0.25) is 10.0 Å². The van der Waals surface area contributed by atoms with E-state index in [2.05, 4.69) is 5.32 Å². The highest BCUT2D eigenvalue weighted by Crippen LogP contribution is 2.37. The molecule has 1 aliphatic rings. The molecule has 0 spiro atoms. The fraction of sp³-hybridized carbons (Fsp3) is 0.174. The number of halogens is 1. The molecule has 0 radical (unpaired) electrons. The molecule has 0 aromatic heterocycles. The van der Waals surface area contributed by atoms with Crippen molar-refractivity contribution in [2.24, 2.45) is 0 Å². The maximum absolute atomic E-state index is 13.2. The number of nitrogens with one attached hydrogen (secondary N) is 1. The lowest BCUT2D eigenvalue weighted by atomic mass is 9.98. The minimum atomic E-state index is -3.64. The quantitative estimate of drug-likeness (QED) is 0.634. The zero-order valence-corrected chi connectivity index (χ0v) is 18.3. The molecule has 0 saturated heterocycles. The zero-order valence-electron chi connectivity index (χ0n) is 16.7. The average Bonchev–Trinajstić information content (AvgIpc) is 2.77. The first-order chi connectivity index (χ1) is 14.8. The van der Waals surface area contributed by atoms with Gasteiger partial charge in [-0.25, -0.2) is 8.42 Å². The van der Waals surface area contributed by atoms with Crippen molar-refractivity contribution >= 4 is 33.2 Å². The first kappa shape index (κ1) is 21.2. The van der Waals surface area contributed by atoms with Crippen LogP contribution < -0.4 is 14.4 Å². The Bertz CT molecular complexity index is 1150. The van der Waals surface area contributed by atoms with Crippen LogP contribution >= 0.6 is 11.6 Å². The van der Waals surface area contributed by atoms with Crippen molar-refractivity contribution in [1.82, 2.24) is 5.32 Å². The number of hydrogen-bond acceptors (Lipinski definition) is 4. The highest BCUT2D eigenvalue weighted by molar-refractivity contribution is 7.92. The third kappa shape index (κ3) is 4.68. The Morgan fingerprint density at radius 3 is 2.16 bits per heavy atom. The third-order valence-corrected chi connectivity index (χ3v) is 6.42. The summed E-state index contributed by atoms with van der Waals surface area (Å²) in [5.74, 6) is -0.121. The number of nitrogens with zero attached hydrogens (tertiary/aromatic N) is 1. The van der Waals surface area contributed by atoms with Crippen molar-refractivity contribution in [2.45, 2.75) is 12.1 Å². The second-order valence-electron chi connectivity index (χ2n) is 7.28. The molecular formula is C23H21ClN2O4S. The summed E-state index contributed by atoms with van der Waals surface area (Å²) >= 11 is 6.04. The summed E-state index contributed by atoms with van der Waals surface area (Å²) in [6, 6.07) is 23.4. The van der Waals surface area contributed by atoms with E-state index in [4.69, 9.17) is 16.3 Å². The van der Waals surface area contributed by atoms with Gasteiger partial charge >= 0.3 is 0 Å². The number of ether oxygens (including phenoxy) is 1. The van der Waals surface area contributed by atoms with Gasteiger partial charge in [0, 0.05) is 5.02 Å². The van der Waals surface area contributed by atoms with Gasteiger partial charge in [-0.1, -0.05) is 72.3 Å². The molecule has 31 heavy (non-hydrogen) atoms. The minimum absolute atomic E-state index is 0.145. The van der Waals surface area contributed by atoms with Crippen molar-refractivity contribution < 1.29 is 17.9 Å². The Morgan fingerprint density at radius 1 is 1.03 bits per heavy atom. The lowest BCUT2D eigenvalue weighted by molar-refractivity contribution is -0.128.